The zero-order valence-corrected chi connectivity index (χ0v) is 19.3. The van der Waals surface area contributed by atoms with Crippen LogP contribution in [0.15, 0.2) is 102 Å². The van der Waals surface area contributed by atoms with E-state index in [1.807, 2.05) is 48.5 Å². The third-order valence-electron chi connectivity index (χ3n) is 6.57. The van der Waals surface area contributed by atoms with E-state index >= 15 is 0 Å². The van der Waals surface area contributed by atoms with Gasteiger partial charge >= 0.3 is 0 Å². The van der Waals surface area contributed by atoms with Crippen molar-refractivity contribution in [3.8, 4) is 12.1 Å². The second-order valence-corrected chi connectivity index (χ2v) is 8.55. The monoisotopic (exact) mass is 459 g/mol. The molecule has 2 aliphatic heterocycles. The van der Waals surface area contributed by atoms with Gasteiger partial charge in [-0.15, -0.1) is 0 Å². The largest absolute Gasteiger partial charge is 0.439 e. The number of nitrogens with zero attached hydrogens (tertiary/aromatic N) is 4. The van der Waals surface area contributed by atoms with Crippen LogP contribution in [0.5, 0.6) is 0 Å². The van der Waals surface area contributed by atoms with Gasteiger partial charge in [-0.3, -0.25) is 0 Å². The highest BCUT2D eigenvalue weighted by Gasteiger charge is 2.33. The first-order valence-electron chi connectivity index (χ1n) is 11.6. The Morgan fingerprint density at radius 3 is 1.74 bits per heavy atom. The Morgan fingerprint density at radius 2 is 1.20 bits per heavy atom. The van der Waals surface area contributed by atoms with Crippen LogP contribution in [0.1, 0.15) is 17.0 Å². The standard InChI is InChI=1S/C29H25N5O/c30-19-25-27(26(20-31)29(32)35-28(25)22-7-3-1-4-8-22)21-11-13-24(14-12-21)34-17-15-33(16-18-34)23-9-5-2-6-10-23/h1-14,27H,15-18,32H2. The molecule has 0 amide bonds. The van der Waals surface area contributed by atoms with Gasteiger partial charge < -0.3 is 20.3 Å². The number of allylic oxidation sites excluding steroid dienone is 2. The Hall–Kier alpha value is -4.68. The molecular formula is C29H25N5O. The Labute approximate surface area is 205 Å². The molecule has 0 aliphatic carbocycles. The minimum atomic E-state index is -0.571. The normalized spacial score (nSPS) is 18.1. The van der Waals surface area contributed by atoms with Gasteiger partial charge in [-0.05, 0) is 29.8 Å². The fraction of sp³-hybridized carbons (Fsp3) is 0.172. The maximum absolute atomic E-state index is 10.1. The van der Waals surface area contributed by atoms with Crippen molar-refractivity contribution in [3.63, 3.8) is 0 Å². The van der Waals surface area contributed by atoms with E-state index in [4.69, 9.17) is 10.5 Å². The van der Waals surface area contributed by atoms with Crippen LogP contribution in [0.3, 0.4) is 0 Å². The van der Waals surface area contributed by atoms with Crippen molar-refractivity contribution in [3.05, 3.63) is 113 Å². The van der Waals surface area contributed by atoms with Crippen molar-refractivity contribution < 1.29 is 4.74 Å². The number of nitrogens with two attached hydrogens (primary N) is 1. The van der Waals surface area contributed by atoms with Crippen molar-refractivity contribution in [2.24, 2.45) is 5.73 Å². The first-order chi connectivity index (χ1) is 17.2. The van der Waals surface area contributed by atoms with Gasteiger partial charge in [-0.25, -0.2) is 0 Å². The fourth-order valence-electron chi connectivity index (χ4n) is 4.75. The molecule has 6 heteroatoms. The van der Waals surface area contributed by atoms with Gasteiger partial charge in [-0.1, -0.05) is 60.7 Å². The van der Waals surface area contributed by atoms with E-state index < -0.39 is 5.92 Å². The van der Waals surface area contributed by atoms with Crippen LogP contribution in [0.25, 0.3) is 5.76 Å². The lowest BCUT2D eigenvalue weighted by Gasteiger charge is -2.37. The second kappa shape index (κ2) is 9.67. The first kappa shape index (κ1) is 22.1. The number of hydrogen-bond acceptors (Lipinski definition) is 6. The van der Waals surface area contributed by atoms with Gasteiger partial charge in [-0.2, -0.15) is 10.5 Å². The number of rotatable bonds is 4. The van der Waals surface area contributed by atoms with Crippen LogP contribution in [-0.4, -0.2) is 26.2 Å². The van der Waals surface area contributed by atoms with E-state index in [1.54, 1.807) is 0 Å². The summed E-state index contributed by atoms with van der Waals surface area (Å²) in [6.07, 6.45) is 0. The molecule has 0 saturated carbocycles. The average Bonchev–Trinajstić information content (AvgIpc) is 2.93. The van der Waals surface area contributed by atoms with Crippen LogP contribution >= 0.6 is 0 Å². The summed E-state index contributed by atoms with van der Waals surface area (Å²) < 4.78 is 5.78. The summed E-state index contributed by atoms with van der Waals surface area (Å²) in [5, 5.41) is 19.9. The van der Waals surface area contributed by atoms with E-state index in [9.17, 15) is 10.5 Å². The molecule has 172 valence electrons. The highest BCUT2D eigenvalue weighted by atomic mass is 16.5. The molecule has 3 aromatic carbocycles. The van der Waals surface area contributed by atoms with Gasteiger partial charge in [0.1, 0.15) is 11.6 Å². The van der Waals surface area contributed by atoms with Crippen LogP contribution < -0.4 is 15.5 Å². The molecule has 0 bridgehead atoms. The van der Waals surface area contributed by atoms with E-state index in [0.29, 0.717) is 11.3 Å². The molecule has 1 saturated heterocycles. The predicted molar refractivity (Wildman–Crippen MR) is 137 cm³/mol. The van der Waals surface area contributed by atoms with Crippen molar-refractivity contribution in [2.75, 3.05) is 36.0 Å². The Morgan fingerprint density at radius 1 is 0.686 bits per heavy atom. The molecule has 6 nitrogen and oxygen atoms in total. The number of hydrogen-bond donors (Lipinski definition) is 1. The summed E-state index contributed by atoms with van der Waals surface area (Å²) in [5.74, 6) is -0.134. The molecule has 1 fully saturated rings. The van der Waals surface area contributed by atoms with Crippen LogP contribution in [-0.2, 0) is 4.74 Å². The van der Waals surface area contributed by atoms with Crippen molar-refractivity contribution in [2.45, 2.75) is 5.92 Å². The summed E-state index contributed by atoms with van der Waals surface area (Å²) in [6.45, 7) is 3.74. The fourth-order valence-corrected chi connectivity index (χ4v) is 4.75. The summed E-state index contributed by atoms with van der Waals surface area (Å²) >= 11 is 0. The summed E-state index contributed by atoms with van der Waals surface area (Å²) in [4.78, 5) is 4.76. The summed E-state index contributed by atoms with van der Waals surface area (Å²) in [6, 6.07) is 32.4. The average molecular weight is 460 g/mol. The van der Waals surface area contributed by atoms with E-state index in [2.05, 4.69) is 58.3 Å². The molecule has 2 N–H and O–H groups in total. The maximum atomic E-state index is 10.1. The molecule has 1 atom stereocenters. The van der Waals surface area contributed by atoms with Crippen LogP contribution in [0.4, 0.5) is 11.4 Å². The molecule has 1 unspecified atom stereocenters. The lowest BCUT2D eigenvalue weighted by atomic mass is 9.82. The lowest BCUT2D eigenvalue weighted by Crippen LogP contribution is -2.46. The van der Waals surface area contributed by atoms with Crippen molar-refractivity contribution in [1.82, 2.24) is 0 Å². The quantitative estimate of drug-likeness (QED) is 0.605. The highest BCUT2D eigenvalue weighted by molar-refractivity contribution is 5.74. The van der Waals surface area contributed by atoms with Gasteiger partial charge in [0.2, 0.25) is 5.88 Å². The van der Waals surface area contributed by atoms with Crippen LogP contribution in [0, 0.1) is 22.7 Å². The lowest BCUT2D eigenvalue weighted by molar-refractivity contribution is 0.357. The predicted octanol–water partition coefficient (Wildman–Crippen LogP) is 4.76. The Balaban J connectivity index is 1.40. The number of ether oxygens (including phenoxy) is 1. The van der Waals surface area contributed by atoms with Gasteiger partial charge in [0, 0.05) is 43.1 Å². The van der Waals surface area contributed by atoms with Crippen molar-refractivity contribution >= 4 is 17.1 Å². The molecule has 2 heterocycles. The van der Waals surface area contributed by atoms with Gasteiger partial charge in [0.05, 0.1) is 17.6 Å². The molecule has 0 radical (unpaired) electrons. The SMILES string of the molecule is N#CC1=C(N)OC(c2ccccc2)=C(C#N)C1c1ccc(N2CCN(c3ccccc3)CC2)cc1. The molecule has 0 aromatic heterocycles. The maximum Gasteiger partial charge on any atom is 0.205 e. The Bertz CT molecular complexity index is 1340. The summed E-state index contributed by atoms with van der Waals surface area (Å²) in [5.41, 5.74) is 10.7. The van der Waals surface area contributed by atoms with E-state index in [1.165, 1.54) is 5.69 Å². The number of anilines is 2. The Kier molecular flexibility index (Phi) is 6.11. The third kappa shape index (κ3) is 4.30. The second-order valence-electron chi connectivity index (χ2n) is 8.55. The first-order valence-corrected chi connectivity index (χ1v) is 11.6. The minimum Gasteiger partial charge on any atom is -0.439 e. The van der Waals surface area contributed by atoms with Gasteiger partial charge in [0.15, 0.2) is 5.76 Å². The van der Waals surface area contributed by atoms with Crippen LogP contribution in [0.2, 0.25) is 0 Å². The highest BCUT2D eigenvalue weighted by Crippen LogP contribution is 2.42. The third-order valence-corrected chi connectivity index (χ3v) is 6.57. The molecular weight excluding hydrogens is 434 g/mol. The topological polar surface area (TPSA) is 89.3 Å². The molecule has 0 spiro atoms. The number of benzene rings is 3. The minimum absolute atomic E-state index is 0.0384. The molecule has 2 aliphatic rings. The molecule has 3 aromatic rings. The molecule has 5 rings (SSSR count). The number of para-hydroxylation sites is 1. The zero-order valence-electron chi connectivity index (χ0n) is 19.3. The van der Waals surface area contributed by atoms with E-state index in [0.717, 1.165) is 43.0 Å². The molecule has 35 heavy (non-hydrogen) atoms. The smallest absolute Gasteiger partial charge is 0.205 e. The van der Waals surface area contributed by atoms with Crippen molar-refractivity contribution in [1.29, 1.82) is 10.5 Å². The number of nitriles is 2. The van der Waals surface area contributed by atoms with Gasteiger partial charge in [0.25, 0.3) is 0 Å². The zero-order chi connectivity index (χ0) is 24.2. The summed E-state index contributed by atoms with van der Waals surface area (Å²) in [7, 11) is 0. The van der Waals surface area contributed by atoms with E-state index in [-0.39, 0.29) is 11.5 Å². The number of piperazine rings is 1.